The molecule has 0 atom stereocenters. The van der Waals surface area contributed by atoms with Gasteiger partial charge in [-0.25, -0.2) is 9.97 Å². The van der Waals surface area contributed by atoms with Crippen LogP contribution in [0.25, 0.3) is 0 Å². The summed E-state index contributed by atoms with van der Waals surface area (Å²) in [5, 5.41) is 0. The number of hydrogen-bond acceptors (Lipinski definition) is 3. The minimum atomic E-state index is 0.0892. The number of rotatable bonds is 4. The molecule has 0 bridgehead atoms. The Morgan fingerprint density at radius 2 is 1.94 bits per heavy atom. The highest BCUT2D eigenvalue weighted by Crippen LogP contribution is 2.08. The van der Waals surface area contributed by atoms with Crippen molar-refractivity contribution in [1.29, 1.82) is 0 Å². The van der Waals surface area contributed by atoms with E-state index < -0.39 is 0 Å². The number of benzene rings is 1. The van der Waals surface area contributed by atoms with Crippen LogP contribution in [0.2, 0.25) is 0 Å². The summed E-state index contributed by atoms with van der Waals surface area (Å²) in [5.41, 5.74) is 2.73. The van der Waals surface area contributed by atoms with E-state index in [0.29, 0.717) is 6.42 Å². The van der Waals surface area contributed by atoms with Gasteiger partial charge >= 0.3 is 0 Å². The number of aromatic nitrogens is 2. The monoisotopic (exact) mass is 226 g/mol. The molecule has 17 heavy (non-hydrogen) atoms. The van der Waals surface area contributed by atoms with Crippen LogP contribution in [-0.4, -0.2) is 15.8 Å². The van der Waals surface area contributed by atoms with Crippen molar-refractivity contribution in [1.82, 2.24) is 9.97 Å². The maximum Gasteiger partial charge on any atom is 0.168 e. The molecule has 0 saturated carbocycles. The van der Waals surface area contributed by atoms with Gasteiger partial charge in [-0.1, -0.05) is 31.2 Å². The summed E-state index contributed by atoms with van der Waals surface area (Å²) in [6.45, 7) is 2.09. The average Bonchev–Trinajstić information content (AvgIpc) is 2.40. The van der Waals surface area contributed by atoms with Gasteiger partial charge < -0.3 is 0 Å². The lowest BCUT2D eigenvalue weighted by Gasteiger charge is -2.02. The zero-order valence-electron chi connectivity index (χ0n) is 9.76. The van der Waals surface area contributed by atoms with E-state index in [9.17, 15) is 4.79 Å². The first kappa shape index (κ1) is 11.5. The summed E-state index contributed by atoms with van der Waals surface area (Å²) in [7, 11) is 0. The third-order valence-electron chi connectivity index (χ3n) is 2.67. The van der Waals surface area contributed by atoms with Crippen molar-refractivity contribution >= 4 is 5.78 Å². The lowest BCUT2D eigenvalue weighted by molar-refractivity contribution is 0.0992. The van der Waals surface area contributed by atoms with E-state index in [1.54, 1.807) is 12.3 Å². The molecule has 0 unspecified atom stereocenters. The van der Waals surface area contributed by atoms with Crippen molar-refractivity contribution in [2.24, 2.45) is 0 Å². The number of carbonyl (C=O) groups is 1. The lowest BCUT2D eigenvalue weighted by atomic mass is 10.0. The first-order valence-electron chi connectivity index (χ1n) is 5.66. The van der Waals surface area contributed by atoms with Crippen molar-refractivity contribution in [2.45, 2.75) is 19.8 Å². The van der Waals surface area contributed by atoms with E-state index in [1.165, 1.54) is 11.9 Å². The van der Waals surface area contributed by atoms with E-state index in [-0.39, 0.29) is 5.78 Å². The maximum absolute atomic E-state index is 12.0. The van der Waals surface area contributed by atoms with Crippen LogP contribution in [0.5, 0.6) is 0 Å². The summed E-state index contributed by atoms with van der Waals surface area (Å²) in [5.74, 6) is 0.0892. The first-order chi connectivity index (χ1) is 8.29. The fourth-order valence-electron chi connectivity index (χ4n) is 1.62. The molecule has 0 amide bonds. The molecule has 0 spiro atoms. The minimum absolute atomic E-state index is 0.0892. The number of aryl methyl sites for hydroxylation is 1. The van der Waals surface area contributed by atoms with Crippen LogP contribution in [0.1, 0.15) is 28.5 Å². The van der Waals surface area contributed by atoms with Crippen LogP contribution in [0.3, 0.4) is 0 Å². The third-order valence-corrected chi connectivity index (χ3v) is 2.67. The van der Waals surface area contributed by atoms with Gasteiger partial charge in [0.05, 0.1) is 12.1 Å². The molecule has 1 aromatic heterocycles. The van der Waals surface area contributed by atoms with Gasteiger partial charge in [-0.3, -0.25) is 4.79 Å². The maximum atomic E-state index is 12.0. The van der Waals surface area contributed by atoms with Gasteiger partial charge in [0.25, 0.3) is 0 Å². The van der Waals surface area contributed by atoms with Crippen LogP contribution in [0, 0.1) is 0 Å². The van der Waals surface area contributed by atoms with Gasteiger partial charge in [0.15, 0.2) is 5.78 Å². The average molecular weight is 226 g/mol. The third kappa shape index (κ3) is 2.97. The molecule has 0 N–H and O–H groups in total. The number of nitrogens with zero attached hydrogens (tertiary/aromatic N) is 2. The highest BCUT2D eigenvalue weighted by molar-refractivity contribution is 5.97. The van der Waals surface area contributed by atoms with Crippen molar-refractivity contribution in [3.05, 3.63) is 59.7 Å². The van der Waals surface area contributed by atoms with Crippen molar-refractivity contribution in [2.75, 3.05) is 0 Å². The molecule has 2 rings (SSSR count). The van der Waals surface area contributed by atoms with Gasteiger partial charge in [0.2, 0.25) is 0 Å². The summed E-state index contributed by atoms with van der Waals surface area (Å²) < 4.78 is 0. The molecule has 0 aliphatic heterocycles. The Hall–Kier alpha value is -2.03. The van der Waals surface area contributed by atoms with Crippen molar-refractivity contribution in [3.8, 4) is 0 Å². The number of carbonyl (C=O) groups excluding carboxylic acids is 1. The Kier molecular flexibility index (Phi) is 3.60. The van der Waals surface area contributed by atoms with Crippen molar-refractivity contribution in [3.63, 3.8) is 0 Å². The van der Waals surface area contributed by atoms with Crippen LogP contribution in [0.15, 0.2) is 42.9 Å². The summed E-state index contributed by atoms with van der Waals surface area (Å²) in [4.78, 5) is 19.8. The SMILES string of the molecule is CCc1ccc(C(=O)Cc2ccncn2)cc1. The Balaban J connectivity index is 2.09. The Morgan fingerprint density at radius 1 is 1.18 bits per heavy atom. The Bertz CT molecular complexity index is 491. The molecule has 86 valence electrons. The zero-order chi connectivity index (χ0) is 12.1. The highest BCUT2D eigenvalue weighted by Gasteiger charge is 2.07. The predicted molar refractivity (Wildman–Crippen MR) is 65.9 cm³/mol. The fraction of sp³-hybridized carbons (Fsp3) is 0.214. The first-order valence-corrected chi connectivity index (χ1v) is 5.66. The Morgan fingerprint density at radius 3 is 2.53 bits per heavy atom. The molecule has 0 aliphatic carbocycles. The normalized spacial score (nSPS) is 10.2. The van der Waals surface area contributed by atoms with Gasteiger partial charge in [-0.05, 0) is 18.1 Å². The molecule has 2 aromatic rings. The molecule has 0 radical (unpaired) electrons. The van der Waals surface area contributed by atoms with E-state index in [4.69, 9.17) is 0 Å². The molecular weight excluding hydrogens is 212 g/mol. The minimum Gasteiger partial charge on any atom is -0.294 e. The molecule has 0 saturated heterocycles. The standard InChI is InChI=1S/C14H14N2O/c1-2-11-3-5-12(6-4-11)14(17)9-13-7-8-15-10-16-13/h3-8,10H,2,9H2,1H3. The van der Waals surface area contributed by atoms with Crippen LogP contribution in [-0.2, 0) is 12.8 Å². The molecule has 1 heterocycles. The number of Topliss-reactive ketones (excluding diaryl/α,β-unsaturated/α-hetero) is 1. The summed E-state index contributed by atoms with van der Waals surface area (Å²) in [6.07, 6.45) is 4.42. The van der Waals surface area contributed by atoms with E-state index >= 15 is 0 Å². The highest BCUT2D eigenvalue weighted by atomic mass is 16.1. The molecule has 0 fully saturated rings. The van der Waals surface area contributed by atoms with E-state index in [2.05, 4.69) is 16.9 Å². The number of ketones is 1. The summed E-state index contributed by atoms with van der Waals surface area (Å²) in [6, 6.07) is 9.50. The fourth-order valence-corrected chi connectivity index (χ4v) is 1.62. The molecule has 3 nitrogen and oxygen atoms in total. The van der Waals surface area contributed by atoms with Crippen LogP contribution in [0.4, 0.5) is 0 Å². The molecule has 1 aromatic carbocycles. The summed E-state index contributed by atoms with van der Waals surface area (Å²) >= 11 is 0. The predicted octanol–water partition coefficient (Wildman–Crippen LogP) is 2.46. The van der Waals surface area contributed by atoms with Gasteiger partial charge in [-0.15, -0.1) is 0 Å². The van der Waals surface area contributed by atoms with E-state index in [1.807, 2.05) is 24.3 Å². The molecule has 3 heteroatoms. The largest absolute Gasteiger partial charge is 0.294 e. The smallest absolute Gasteiger partial charge is 0.168 e. The molecule has 0 aliphatic rings. The van der Waals surface area contributed by atoms with Crippen molar-refractivity contribution < 1.29 is 4.79 Å². The van der Waals surface area contributed by atoms with Crippen LogP contribution >= 0.6 is 0 Å². The second kappa shape index (κ2) is 5.34. The topological polar surface area (TPSA) is 42.9 Å². The van der Waals surface area contributed by atoms with Crippen LogP contribution < -0.4 is 0 Å². The quantitative estimate of drug-likeness (QED) is 0.752. The van der Waals surface area contributed by atoms with Gasteiger partial charge in [-0.2, -0.15) is 0 Å². The van der Waals surface area contributed by atoms with E-state index in [0.717, 1.165) is 17.7 Å². The van der Waals surface area contributed by atoms with Gasteiger partial charge in [0.1, 0.15) is 6.33 Å². The second-order valence-corrected chi connectivity index (χ2v) is 3.85. The zero-order valence-corrected chi connectivity index (χ0v) is 9.76. The Labute approximate surface area is 101 Å². The molecular formula is C14H14N2O. The number of hydrogen-bond donors (Lipinski definition) is 0. The van der Waals surface area contributed by atoms with Gasteiger partial charge in [0, 0.05) is 11.8 Å². The second-order valence-electron chi connectivity index (χ2n) is 3.85. The lowest BCUT2D eigenvalue weighted by Crippen LogP contribution is -2.05.